The van der Waals surface area contributed by atoms with Crippen LogP contribution in [-0.2, 0) is 47.5 Å². The zero-order valence-corrected chi connectivity index (χ0v) is 33.8. The van der Waals surface area contributed by atoms with Crippen LogP contribution in [0.15, 0.2) is 0 Å². The molecule has 15 heteroatoms. The fourth-order valence-electron chi connectivity index (χ4n) is 9.03. The number of esters is 1. The number of hydrogen-bond acceptors (Lipinski definition) is 15. The Morgan fingerprint density at radius 2 is 1.55 bits per heavy atom. The second-order valence-corrected chi connectivity index (χ2v) is 16.9. The average molecular weight is 760 g/mol. The topological polar surface area (TPSA) is 189 Å². The number of Topliss-reactive ketones (excluding diaryl/α,β-unsaturated/α-hetero) is 1. The van der Waals surface area contributed by atoms with Crippen molar-refractivity contribution in [2.24, 2.45) is 23.7 Å². The van der Waals surface area contributed by atoms with E-state index in [0.29, 0.717) is 6.42 Å². The molecule has 4 fully saturated rings. The Hall–Kier alpha value is -1.95. The van der Waals surface area contributed by atoms with E-state index in [9.17, 15) is 29.7 Å². The number of ketones is 1. The number of aliphatic hydroxyl groups excluding tert-OH is 2. The molecule has 53 heavy (non-hydrogen) atoms. The molecule has 0 aromatic rings. The first kappa shape index (κ1) is 43.8. The van der Waals surface area contributed by atoms with E-state index in [2.05, 4.69) is 0 Å². The summed E-state index contributed by atoms with van der Waals surface area (Å²) < 4.78 is 48.7. The van der Waals surface area contributed by atoms with Crippen molar-refractivity contribution in [1.29, 1.82) is 0 Å². The molecule has 0 aromatic heterocycles. The van der Waals surface area contributed by atoms with Crippen LogP contribution in [0.2, 0.25) is 0 Å². The van der Waals surface area contributed by atoms with Gasteiger partial charge in [-0.1, -0.05) is 27.7 Å². The summed E-state index contributed by atoms with van der Waals surface area (Å²) in [6.07, 6.45) is -9.81. The fraction of sp³-hybridized carbons (Fsp3) is 0.921. The highest BCUT2D eigenvalue weighted by Crippen LogP contribution is 2.43. The zero-order valence-electron chi connectivity index (χ0n) is 33.8. The Kier molecular flexibility index (Phi) is 13.7. The highest BCUT2D eigenvalue weighted by atomic mass is 16.8. The SMILES string of the molecule is CC[C@H]1OC(=O)[C@H](C)[C@@H](O[C@H]2C[C@@](C)(OC)[C@@H](O)[C@H](C)O2)[C@H](C)[C@@H](O[C@@H]2O[C@H](C)C[C@H](N(C)C)[C@H]2O)[C@](C)(O)C[C@@H](C)C(=O)[C@H](C)C2OC(=O)OC21C. The van der Waals surface area contributed by atoms with Gasteiger partial charge in [-0.05, 0) is 74.9 Å². The standard InChI is InChI=1S/C38H65NO14/c1-14-25-38(10)32(52-35(44)53-38)20(4)27(40)18(2)16-36(8,45)31(51-34-28(41)24(39(11)12)15-19(3)47-34)21(5)29(22(6)33(43)49-25)50-26-17-37(9,46-13)30(42)23(7)48-26/h18-26,28-32,34,41-42,45H,14-17H2,1-13H3/t18-,19-,20+,21+,22-,23+,24+,25-,26+,28-,29+,30+,31-,32?,34+,36-,37-,38?/m1/s1. The van der Waals surface area contributed by atoms with Gasteiger partial charge in [0.25, 0.3) is 0 Å². The smallest absolute Gasteiger partial charge is 0.458 e. The van der Waals surface area contributed by atoms with E-state index in [4.69, 9.17) is 37.9 Å². The van der Waals surface area contributed by atoms with Crippen LogP contribution in [0.1, 0.15) is 94.9 Å². The molecule has 0 aliphatic carbocycles. The Labute approximate surface area is 314 Å². The Morgan fingerprint density at radius 1 is 0.906 bits per heavy atom. The van der Waals surface area contributed by atoms with Gasteiger partial charge >= 0.3 is 12.1 Å². The van der Waals surface area contributed by atoms with Gasteiger partial charge in [0, 0.05) is 31.4 Å². The number of rotatable bonds is 7. The molecule has 18 atom stereocenters. The van der Waals surface area contributed by atoms with Crippen LogP contribution in [0, 0.1) is 23.7 Å². The molecule has 0 spiro atoms. The van der Waals surface area contributed by atoms with Crippen LogP contribution in [0.4, 0.5) is 4.79 Å². The fourth-order valence-corrected chi connectivity index (χ4v) is 9.03. The molecule has 0 radical (unpaired) electrons. The molecule has 0 amide bonds. The maximum atomic E-state index is 14.3. The molecule has 4 aliphatic rings. The highest BCUT2D eigenvalue weighted by molar-refractivity contribution is 5.84. The van der Waals surface area contributed by atoms with E-state index in [1.54, 1.807) is 62.3 Å². The van der Waals surface area contributed by atoms with Crippen molar-refractivity contribution in [2.75, 3.05) is 21.2 Å². The molecular weight excluding hydrogens is 694 g/mol. The van der Waals surface area contributed by atoms with Gasteiger partial charge in [-0.3, -0.25) is 9.59 Å². The zero-order chi connectivity index (χ0) is 40.0. The van der Waals surface area contributed by atoms with Gasteiger partial charge < -0.3 is 58.1 Å². The van der Waals surface area contributed by atoms with Crippen LogP contribution in [0.5, 0.6) is 0 Å². The summed E-state index contributed by atoms with van der Waals surface area (Å²) >= 11 is 0. The lowest BCUT2D eigenvalue weighted by Crippen LogP contribution is -2.61. The molecule has 15 nitrogen and oxygen atoms in total. The number of ether oxygens (including phenoxy) is 8. The van der Waals surface area contributed by atoms with Crippen molar-refractivity contribution < 1.29 is 67.6 Å². The molecule has 4 aliphatic heterocycles. The maximum Gasteiger partial charge on any atom is 0.509 e. The minimum Gasteiger partial charge on any atom is -0.458 e. The number of fused-ring (bicyclic) bond motifs is 1. The van der Waals surface area contributed by atoms with Crippen LogP contribution in [0.25, 0.3) is 0 Å². The molecule has 0 aromatic carbocycles. The van der Waals surface area contributed by atoms with Gasteiger partial charge in [0.05, 0.1) is 47.5 Å². The van der Waals surface area contributed by atoms with E-state index in [1.807, 2.05) is 25.9 Å². The third-order valence-corrected chi connectivity index (χ3v) is 12.3. The lowest BCUT2D eigenvalue weighted by molar-refractivity contribution is -0.318. The summed E-state index contributed by atoms with van der Waals surface area (Å²) in [5, 5.41) is 34.9. The molecule has 2 unspecified atom stereocenters. The summed E-state index contributed by atoms with van der Waals surface area (Å²) in [4.78, 5) is 43.0. The van der Waals surface area contributed by atoms with Gasteiger partial charge in [-0.15, -0.1) is 0 Å². The van der Waals surface area contributed by atoms with Crippen LogP contribution in [0.3, 0.4) is 0 Å². The number of carbonyl (C=O) groups is 3. The molecule has 3 N–H and O–H groups in total. The Morgan fingerprint density at radius 3 is 2.13 bits per heavy atom. The predicted octanol–water partition coefficient (Wildman–Crippen LogP) is 2.97. The molecule has 0 bridgehead atoms. The third-order valence-electron chi connectivity index (χ3n) is 12.3. The highest BCUT2D eigenvalue weighted by Gasteiger charge is 2.59. The number of methoxy groups -OCH3 is 1. The summed E-state index contributed by atoms with van der Waals surface area (Å²) in [6.45, 7) is 16.9. The predicted molar refractivity (Wildman–Crippen MR) is 189 cm³/mol. The number of aliphatic hydroxyl groups is 3. The second kappa shape index (κ2) is 16.6. The van der Waals surface area contributed by atoms with Crippen molar-refractivity contribution in [2.45, 2.75) is 179 Å². The lowest BCUT2D eigenvalue weighted by Gasteiger charge is -2.49. The third kappa shape index (κ3) is 8.88. The minimum absolute atomic E-state index is 0.0996. The molecule has 4 saturated heterocycles. The minimum atomic E-state index is -1.78. The molecular formula is C38H65NO14. The van der Waals surface area contributed by atoms with Crippen molar-refractivity contribution >= 4 is 17.9 Å². The van der Waals surface area contributed by atoms with E-state index >= 15 is 0 Å². The van der Waals surface area contributed by atoms with Crippen molar-refractivity contribution in [1.82, 2.24) is 4.90 Å². The van der Waals surface area contributed by atoms with Gasteiger partial charge in [-0.2, -0.15) is 0 Å². The van der Waals surface area contributed by atoms with Crippen LogP contribution in [-0.4, -0.2) is 144 Å². The largest absolute Gasteiger partial charge is 0.509 e. The summed E-state index contributed by atoms with van der Waals surface area (Å²) in [7, 11) is 5.20. The first-order valence-corrected chi connectivity index (χ1v) is 19.1. The second-order valence-electron chi connectivity index (χ2n) is 16.9. The van der Waals surface area contributed by atoms with Gasteiger partial charge in [-0.25, -0.2) is 4.79 Å². The lowest BCUT2D eigenvalue weighted by atomic mass is 9.74. The van der Waals surface area contributed by atoms with Crippen molar-refractivity contribution in [3.05, 3.63) is 0 Å². The first-order chi connectivity index (χ1) is 24.5. The molecule has 4 rings (SSSR count). The van der Waals surface area contributed by atoms with Crippen LogP contribution >= 0.6 is 0 Å². The number of hydrogen-bond donors (Lipinski definition) is 3. The van der Waals surface area contributed by atoms with Crippen LogP contribution < -0.4 is 0 Å². The average Bonchev–Trinajstić information content (AvgIpc) is 3.40. The monoisotopic (exact) mass is 759 g/mol. The summed E-state index contributed by atoms with van der Waals surface area (Å²) in [5.74, 6) is -4.54. The Balaban J connectivity index is 1.84. The van der Waals surface area contributed by atoms with Gasteiger partial charge in [0.15, 0.2) is 24.3 Å². The summed E-state index contributed by atoms with van der Waals surface area (Å²) in [5.41, 5.74) is -4.33. The number of cyclic esters (lactones) is 1. The first-order valence-electron chi connectivity index (χ1n) is 19.1. The van der Waals surface area contributed by atoms with E-state index in [1.165, 1.54) is 7.11 Å². The maximum absolute atomic E-state index is 14.3. The number of likely N-dealkylation sites (N-methyl/N-ethyl adjacent to an activating group) is 1. The normalized spacial score (nSPS) is 49.1. The van der Waals surface area contributed by atoms with Gasteiger partial charge in [0.1, 0.15) is 24.1 Å². The summed E-state index contributed by atoms with van der Waals surface area (Å²) in [6, 6.07) is -0.322. The van der Waals surface area contributed by atoms with E-state index in [0.717, 1.165) is 0 Å². The molecule has 0 saturated carbocycles. The molecule has 4 heterocycles. The quantitative estimate of drug-likeness (QED) is 0.321. The number of carbonyl (C=O) groups excluding carboxylic acids is 3. The Bertz CT molecular complexity index is 1300. The number of nitrogens with zero attached hydrogens (tertiary/aromatic N) is 1. The van der Waals surface area contributed by atoms with E-state index in [-0.39, 0.29) is 37.2 Å². The van der Waals surface area contributed by atoms with E-state index < -0.39 is 108 Å². The van der Waals surface area contributed by atoms with Gasteiger partial charge in [0.2, 0.25) is 0 Å². The van der Waals surface area contributed by atoms with Crippen molar-refractivity contribution in [3.8, 4) is 0 Å². The molecule has 306 valence electrons. The van der Waals surface area contributed by atoms with Crippen molar-refractivity contribution in [3.63, 3.8) is 0 Å².